The van der Waals surface area contributed by atoms with Crippen LogP contribution in [0, 0.1) is 6.92 Å². The van der Waals surface area contributed by atoms with Gasteiger partial charge in [-0.05, 0) is 30.2 Å². The molecule has 0 aromatic heterocycles. The van der Waals surface area contributed by atoms with Gasteiger partial charge in [-0.1, -0.05) is 37.9 Å². The normalized spacial score (nSPS) is 9.00. The molecule has 0 spiro atoms. The predicted molar refractivity (Wildman–Crippen MR) is 61.8 cm³/mol. The minimum absolute atomic E-state index is 0. The molecule has 0 saturated heterocycles. The lowest BCUT2D eigenvalue weighted by molar-refractivity contribution is 1.31. The molecule has 0 heterocycles. The third kappa shape index (κ3) is 3.26. The standard InChI is InChI=1S/C8H8Br2.BrH/c1-6-4-8(10)3-2-7(6)5-9;/h2-4H,5H2,1H3;1H. The topological polar surface area (TPSA) is 0 Å². The van der Waals surface area contributed by atoms with Crippen molar-refractivity contribution in [3.8, 4) is 0 Å². The van der Waals surface area contributed by atoms with Gasteiger partial charge in [0.05, 0.1) is 0 Å². The van der Waals surface area contributed by atoms with E-state index in [4.69, 9.17) is 0 Å². The van der Waals surface area contributed by atoms with Gasteiger partial charge in [0.15, 0.2) is 0 Å². The number of halogens is 3. The first-order valence-electron chi connectivity index (χ1n) is 3.05. The largest absolute Gasteiger partial charge is 0.114 e. The molecule has 0 bridgehead atoms. The predicted octanol–water partition coefficient (Wildman–Crippen LogP) is 4.23. The van der Waals surface area contributed by atoms with Crippen LogP contribution in [0.3, 0.4) is 0 Å². The lowest BCUT2D eigenvalue weighted by Gasteiger charge is -2.00. The van der Waals surface area contributed by atoms with Crippen molar-refractivity contribution < 1.29 is 0 Å². The van der Waals surface area contributed by atoms with E-state index in [0.717, 1.165) is 9.80 Å². The molecule has 1 aromatic carbocycles. The summed E-state index contributed by atoms with van der Waals surface area (Å²) >= 11 is 6.83. The Kier molecular flexibility index (Phi) is 5.65. The zero-order valence-electron chi connectivity index (χ0n) is 6.10. The molecule has 0 nitrogen and oxygen atoms in total. The van der Waals surface area contributed by atoms with E-state index in [-0.39, 0.29) is 17.0 Å². The highest BCUT2D eigenvalue weighted by molar-refractivity contribution is 9.10. The Bertz CT molecular complexity index is 233. The highest BCUT2D eigenvalue weighted by Gasteiger charge is 1.94. The molecule has 0 unspecified atom stereocenters. The van der Waals surface area contributed by atoms with Crippen molar-refractivity contribution in [2.75, 3.05) is 0 Å². The summed E-state index contributed by atoms with van der Waals surface area (Å²) in [5.41, 5.74) is 2.68. The molecule has 11 heavy (non-hydrogen) atoms. The zero-order chi connectivity index (χ0) is 7.56. The SMILES string of the molecule is Br.Cc1cc(Br)ccc1CBr. The number of rotatable bonds is 1. The van der Waals surface area contributed by atoms with Crippen LogP contribution in [0.5, 0.6) is 0 Å². The summed E-state index contributed by atoms with van der Waals surface area (Å²) in [6.45, 7) is 2.11. The number of hydrogen-bond donors (Lipinski definition) is 0. The summed E-state index contributed by atoms with van der Waals surface area (Å²) in [7, 11) is 0. The second-order valence-corrected chi connectivity index (χ2v) is 3.68. The van der Waals surface area contributed by atoms with Crippen molar-refractivity contribution in [3.05, 3.63) is 33.8 Å². The minimum atomic E-state index is 0. The molecule has 0 amide bonds. The van der Waals surface area contributed by atoms with E-state index < -0.39 is 0 Å². The summed E-state index contributed by atoms with van der Waals surface area (Å²) < 4.78 is 1.15. The van der Waals surface area contributed by atoms with Crippen LogP contribution in [0.1, 0.15) is 11.1 Å². The second kappa shape index (κ2) is 5.33. The highest BCUT2D eigenvalue weighted by atomic mass is 79.9. The van der Waals surface area contributed by atoms with Gasteiger partial charge in [0.25, 0.3) is 0 Å². The lowest BCUT2D eigenvalue weighted by atomic mass is 10.1. The maximum Gasteiger partial charge on any atom is 0.0285 e. The van der Waals surface area contributed by atoms with Gasteiger partial charge in [-0.3, -0.25) is 0 Å². The molecular weight excluding hydrogens is 336 g/mol. The summed E-state index contributed by atoms with van der Waals surface area (Å²) in [5.74, 6) is 0. The third-order valence-electron chi connectivity index (χ3n) is 1.45. The average molecular weight is 345 g/mol. The van der Waals surface area contributed by atoms with E-state index >= 15 is 0 Å². The Morgan fingerprint density at radius 1 is 1.36 bits per heavy atom. The number of alkyl halides is 1. The first kappa shape index (κ1) is 11.7. The van der Waals surface area contributed by atoms with E-state index in [1.165, 1.54) is 11.1 Å². The summed E-state index contributed by atoms with van der Waals surface area (Å²) in [4.78, 5) is 0. The molecule has 1 rings (SSSR count). The first-order valence-corrected chi connectivity index (χ1v) is 4.96. The Balaban J connectivity index is 0.000001000. The summed E-state index contributed by atoms with van der Waals surface area (Å²) in [6, 6.07) is 6.30. The van der Waals surface area contributed by atoms with E-state index in [1.807, 2.05) is 0 Å². The first-order chi connectivity index (χ1) is 4.74. The minimum Gasteiger partial charge on any atom is -0.114 e. The zero-order valence-corrected chi connectivity index (χ0v) is 11.0. The van der Waals surface area contributed by atoms with Crippen molar-refractivity contribution in [2.45, 2.75) is 12.3 Å². The van der Waals surface area contributed by atoms with Gasteiger partial charge >= 0.3 is 0 Å². The van der Waals surface area contributed by atoms with Gasteiger partial charge in [0.1, 0.15) is 0 Å². The van der Waals surface area contributed by atoms with Crippen molar-refractivity contribution >= 4 is 48.8 Å². The molecule has 0 fully saturated rings. The van der Waals surface area contributed by atoms with Crippen LogP contribution >= 0.6 is 48.8 Å². The molecule has 0 atom stereocenters. The van der Waals surface area contributed by atoms with E-state index in [1.54, 1.807) is 0 Å². The van der Waals surface area contributed by atoms with Crippen molar-refractivity contribution in [2.24, 2.45) is 0 Å². The molecule has 0 radical (unpaired) electrons. The summed E-state index contributed by atoms with van der Waals surface area (Å²) in [6.07, 6.45) is 0. The molecule has 1 aromatic rings. The number of hydrogen-bond acceptors (Lipinski definition) is 0. The van der Waals surface area contributed by atoms with Gasteiger partial charge in [0, 0.05) is 9.80 Å². The fourth-order valence-corrected chi connectivity index (χ4v) is 1.91. The fourth-order valence-electron chi connectivity index (χ4n) is 0.809. The monoisotopic (exact) mass is 342 g/mol. The van der Waals surface area contributed by atoms with Crippen LogP contribution in [0.25, 0.3) is 0 Å². The van der Waals surface area contributed by atoms with Gasteiger partial charge < -0.3 is 0 Å². The maximum atomic E-state index is 3.42. The molecule has 0 saturated carbocycles. The Hall–Kier alpha value is 0.660. The molecule has 62 valence electrons. The Labute approximate surface area is 94.4 Å². The molecule has 0 aliphatic carbocycles. The lowest BCUT2D eigenvalue weighted by Crippen LogP contribution is -1.82. The second-order valence-electron chi connectivity index (χ2n) is 2.20. The van der Waals surface area contributed by atoms with Crippen LogP contribution in [0.4, 0.5) is 0 Å². The van der Waals surface area contributed by atoms with Crippen molar-refractivity contribution in [1.29, 1.82) is 0 Å². The van der Waals surface area contributed by atoms with Gasteiger partial charge in [-0.2, -0.15) is 0 Å². The third-order valence-corrected chi connectivity index (χ3v) is 2.55. The van der Waals surface area contributed by atoms with E-state index in [0.29, 0.717) is 0 Å². The highest BCUT2D eigenvalue weighted by Crippen LogP contribution is 2.17. The molecule has 0 aliphatic heterocycles. The van der Waals surface area contributed by atoms with Crippen LogP contribution in [0.15, 0.2) is 22.7 Å². The van der Waals surface area contributed by atoms with Crippen molar-refractivity contribution in [3.63, 3.8) is 0 Å². The average Bonchev–Trinajstić information content (AvgIpc) is 1.88. The van der Waals surface area contributed by atoms with E-state index in [2.05, 4.69) is 57.0 Å². The number of aryl methyl sites for hydroxylation is 1. The molecule has 0 N–H and O–H groups in total. The number of benzene rings is 1. The molecule has 0 aliphatic rings. The van der Waals surface area contributed by atoms with Gasteiger partial charge in [0.2, 0.25) is 0 Å². The quantitative estimate of drug-likeness (QED) is 0.669. The smallest absolute Gasteiger partial charge is 0.0285 e. The summed E-state index contributed by atoms with van der Waals surface area (Å²) in [5, 5.41) is 0.937. The van der Waals surface area contributed by atoms with Crippen LogP contribution in [-0.4, -0.2) is 0 Å². The fraction of sp³-hybridized carbons (Fsp3) is 0.250. The maximum absolute atomic E-state index is 3.42. The van der Waals surface area contributed by atoms with Crippen LogP contribution in [0.2, 0.25) is 0 Å². The van der Waals surface area contributed by atoms with Crippen molar-refractivity contribution in [1.82, 2.24) is 0 Å². The Morgan fingerprint density at radius 2 is 2.00 bits per heavy atom. The van der Waals surface area contributed by atoms with Gasteiger partial charge in [-0.25, -0.2) is 0 Å². The van der Waals surface area contributed by atoms with Crippen LogP contribution in [-0.2, 0) is 5.33 Å². The van der Waals surface area contributed by atoms with E-state index in [9.17, 15) is 0 Å². The van der Waals surface area contributed by atoms with Gasteiger partial charge in [-0.15, -0.1) is 17.0 Å². The van der Waals surface area contributed by atoms with Crippen LogP contribution < -0.4 is 0 Å². The molecular formula is C8H9Br3. The molecule has 3 heteroatoms. The Morgan fingerprint density at radius 3 is 2.45 bits per heavy atom.